The van der Waals surface area contributed by atoms with Crippen LogP contribution in [0, 0.1) is 5.92 Å². The van der Waals surface area contributed by atoms with Gasteiger partial charge in [0.15, 0.2) is 15.2 Å². The van der Waals surface area contributed by atoms with Gasteiger partial charge in [0, 0.05) is 6.54 Å². The summed E-state index contributed by atoms with van der Waals surface area (Å²) in [6.45, 7) is 6.48. The lowest BCUT2D eigenvalue weighted by molar-refractivity contribution is 0.0606. The summed E-state index contributed by atoms with van der Waals surface area (Å²) in [6.07, 6.45) is 1.02. The molecule has 5 nitrogen and oxygen atoms in total. The molecule has 2 heterocycles. The molecule has 1 unspecified atom stereocenters. The smallest absolute Gasteiger partial charge is 0.351 e. The number of thiazole rings is 1. The van der Waals surface area contributed by atoms with Gasteiger partial charge in [-0.05, 0) is 12.3 Å². The topological polar surface area (TPSA) is 51.7 Å². The van der Waals surface area contributed by atoms with Gasteiger partial charge in [0.1, 0.15) is 0 Å². The average Bonchev–Trinajstić information content (AvgIpc) is 2.80. The predicted molar refractivity (Wildman–Crippen MR) is 79.9 cm³/mol. The van der Waals surface area contributed by atoms with E-state index in [1.165, 1.54) is 18.4 Å². The summed E-state index contributed by atoms with van der Waals surface area (Å²) in [5.41, 5.74) is 0. The van der Waals surface area contributed by atoms with Crippen LogP contribution in [0.2, 0.25) is 5.15 Å². The van der Waals surface area contributed by atoms with Gasteiger partial charge >= 0.3 is 5.97 Å². The second-order valence-electron chi connectivity index (χ2n) is 5.16. The minimum Gasteiger partial charge on any atom is -0.465 e. The quantitative estimate of drug-likeness (QED) is 0.799. The van der Waals surface area contributed by atoms with Gasteiger partial charge in [-0.2, -0.15) is 0 Å². The van der Waals surface area contributed by atoms with E-state index in [2.05, 4.69) is 23.7 Å². The highest BCUT2D eigenvalue weighted by molar-refractivity contribution is 7.18. The predicted octanol–water partition coefficient (Wildman–Crippen LogP) is 2.83. The first-order valence-corrected chi connectivity index (χ1v) is 7.81. The summed E-state index contributed by atoms with van der Waals surface area (Å²) in [5, 5.41) is 0.982. The molecule has 1 fully saturated rings. The number of hydrogen-bond donors (Lipinski definition) is 0. The van der Waals surface area contributed by atoms with Gasteiger partial charge in [-0.1, -0.05) is 36.8 Å². The first-order valence-electron chi connectivity index (χ1n) is 6.62. The number of methoxy groups -OCH3 is 1. The van der Waals surface area contributed by atoms with Crippen molar-refractivity contribution in [1.29, 1.82) is 0 Å². The van der Waals surface area contributed by atoms with Crippen LogP contribution in [-0.4, -0.2) is 43.9 Å². The van der Waals surface area contributed by atoms with Crippen LogP contribution in [-0.2, 0) is 9.47 Å². The van der Waals surface area contributed by atoms with E-state index in [4.69, 9.17) is 21.1 Å². The van der Waals surface area contributed by atoms with E-state index in [1.54, 1.807) is 0 Å². The summed E-state index contributed by atoms with van der Waals surface area (Å²) in [4.78, 5) is 18.5. The summed E-state index contributed by atoms with van der Waals surface area (Å²) in [5.74, 6) is 0.132. The van der Waals surface area contributed by atoms with Crippen molar-refractivity contribution in [3.05, 3.63) is 10.0 Å². The number of ether oxygens (including phenoxy) is 2. The molecular formula is C13H19ClN2O3S. The molecule has 1 aliphatic rings. The fourth-order valence-electron chi connectivity index (χ4n) is 2.28. The van der Waals surface area contributed by atoms with Crippen LogP contribution >= 0.6 is 22.9 Å². The Balaban J connectivity index is 2.21. The van der Waals surface area contributed by atoms with Gasteiger partial charge in [-0.15, -0.1) is 0 Å². The van der Waals surface area contributed by atoms with Gasteiger partial charge in [-0.3, -0.25) is 0 Å². The van der Waals surface area contributed by atoms with Crippen molar-refractivity contribution < 1.29 is 14.3 Å². The number of nitrogens with zero attached hydrogens (tertiary/aromatic N) is 2. The van der Waals surface area contributed by atoms with Crippen molar-refractivity contribution in [3.8, 4) is 0 Å². The second-order valence-corrected chi connectivity index (χ2v) is 6.50. The van der Waals surface area contributed by atoms with E-state index in [1.807, 2.05) is 0 Å². The average molecular weight is 319 g/mol. The highest BCUT2D eigenvalue weighted by atomic mass is 35.5. The van der Waals surface area contributed by atoms with Crippen molar-refractivity contribution >= 4 is 34.0 Å². The standard InChI is InChI=1S/C13H19ClN2O3S/c1-8(2)6-9-7-19-5-4-16(9)13-15-11(14)10(20-13)12(17)18-3/h8-9H,4-7H2,1-3H3. The van der Waals surface area contributed by atoms with Crippen molar-refractivity contribution in [3.63, 3.8) is 0 Å². The third kappa shape index (κ3) is 3.42. The van der Waals surface area contributed by atoms with Gasteiger partial charge < -0.3 is 14.4 Å². The molecule has 0 saturated carbocycles. The SMILES string of the molecule is COC(=O)c1sc(N2CCOCC2CC(C)C)nc1Cl. The monoisotopic (exact) mass is 318 g/mol. The molecule has 1 saturated heterocycles. The summed E-state index contributed by atoms with van der Waals surface area (Å²) in [7, 11) is 1.34. The zero-order valence-corrected chi connectivity index (χ0v) is 13.5. The van der Waals surface area contributed by atoms with Gasteiger partial charge in [0.05, 0.1) is 26.4 Å². The normalized spacial score (nSPS) is 19.4. The molecule has 112 valence electrons. The zero-order valence-electron chi connectivity index (χ0n) is 11.9. The molecule has 1 atom stereocenters. The van der Waals surface area contributed by atoms with E-state index in [9.17, 15) is 4.79 Å². The van der Waals surface area contributed by atoms with E-state index < -0.39 is 5.97 Å². The third-order valence-electron chi connectivity index (χ3n) is 3.16. The first kappa shape index (κ1) is 15.5. The number of morpholine rings is 1. The Morgan fingerprint density at radius 2 is 2.40 bits per heavy atom. The first-order chi connectivity index (χ1) is 9.52. The van der Waals surface area contributed by atoms with Crippen LogP contribution in [0.3, 0.4) is 0 Å². The van der Waals surface area contributed by atoms with Crippen molar-refractivity contribution in [2.24, 2.45) is 5.92 Å². The number of halogens is 1. The molecule has 0 aromatic carbocycles. The molecule has 0 amide bonds. The highest BCUT2D eigenvalue weighted by Gasteiger charge is 2.28. The molecule has 0 aliphatic carbocycles. The number of anilines is 1. The van der Waals surface area contributed by atoms with Crippen molar-refractivity contribution in [2.45, 2.75) is 26.3 Å². The van der Waals surface area contributed by atoms with Crippen LogP contribution in [0.25, 0.3) is 0 Å². The molecule has 0 bridgehead atoms. The van der Waals surface area contributed by atoms with Gasteiger partial charge in [0.25, 0.3) is 0 Å². The van der Waals surface area contributed by atoms with E-state index in [0.717, 1.165) is 18.1 Å². The lowest BCUT2D eigenvalue weighted by Gasteiger charge is -2.36. The fourth-order valence-corrected chi connectivity index (χ4v) is 3.58. The maximum Gasteiger partial charge on any atom is 0.351 e. The number of carbonyl (C=O) groups is 1. The Bertz CT molecular complexity index is 478. The van der Waals surface area contributed by atoms with Crippen molar-refractivity contribution in [1.82, 2.24) is 4.98 Å². The molecule has 1 aromatic heterocycles. The molecule has 1 aliphatic heterocycles. The van der Waals surface area contributed by atoms with Crippen LogP contribution < -0.4 is 4.90 Å². The largest absolute Gasteiger partial charge is 0.465 e. The Labute approximate surface area is 127 Å². The van der Waals surface area contributed by atoms with Crippen LogP contribution in [0.5, 0.6) is 0 Å². The second kappa shape index (κ2) is 6.74. The number of hydrogen-bond acceptors (Lipinski definition) is 6. The maximum atomic E-state index is 11.6. The highest BCUT2D eigenvalue weighted by Crippen LogP contribution is 2.33. The Morgan fingerprint density at radius 1 is 1.65 bits per heavy atom. The molecule has 0 radical (unpaired) electrons. The molecule has 0 N–H and O–H groups in total. The summed E-state index contributed by atoms with van der Waals surface area (Å²) >= 11 is 7.31. The molecule has 7 heteroatoms. The molecule has 0 spiro atoms. The Hall–Kier alpha value is -0.850. The number of rotatable bonds is 4. The Morgan fingerprint density at radius 3 is 3.05 bits per heavy atom. The number of aromatic nitrogens is 1. The van der Waals surface area contributed by atoms with Crippen LogP contribution in [0.4, 0.5) is 5.13 Å². The number of esters is 1. The van der Waals surface area contributed by atoms with Gasteiger partial charge in [0.2, 0.25) is 0 Å². The molecule has 2 rings (SSSR count). The minimum atomic E-state index is -0.438. The number of carbonyl (C=O) groups excluding carboxylic acids is 1. The molecule has 20 heavy (non-hydrogen) atoms. The van der Waals surface area contributed by atoms with Crippen LogP contribution in [0.15, 0.2) is 0 Å². The zero-order chi connectivity index (χ0) is 14.7. The molecular weight excluding hydrogens is 300 g/mol. The van der Waals surface area contributed by atoms with Crippen LogP contribution in [0.1, 0.15) is 29.9 Å². The Kier molecular flexibility index (Phi) is 5.23. The van der Waals surface area contributed by atoms with E-state index in [0.29, 0.717) is 24.0 Å². The lowest BCUT2D eigenvalue weighted by atomic mass is 10.0. The third-order valence-corrected chi connectivity index (χ3v) is 4.62. The van der Waals surface area contributed by atoms with Crippen molar-refractivity contribution in [2.75, 3.05) is 31.8 Å². The lowest BCUT2D eigenvalue weighted by Crippen LogP contribution is -2.46. The molecule has 1 aromatic rings. The van der Waals surface area contributed by atoms with E-state index in [-0.39, 0.29) is 11.2 Å². The minimum absolute atomic E-state index is 0.214. The van der Waals surface area contributed by atoms with E-state index >= 15 is 0 Å². The summed E-state index contributed by atoms with van der Waals surface area (Å²) in [6, 6.07) is 0.275. The van der Waals surface area contributed by atoms with Gasteiger partial charge in [-0.25, -0.2) is 9.78 Å². The fraction of sp³-hybridized carbons (Fsp3) is 0.692. The summed E-state index contributed by atoms with van der Waals surface area (Å²) < 4.78 is 10.3. The maximum absolute atomic E-state index is 11.6.